The first-order chi connectivity index (χ1) is 10.2. The van der Waals surface area contributed by atoms with Crippen molar-refractivity contribution in [3.05, 3.63) is 30.3 Å². The monoisotopic (exact) mass is 306 g/mol. The van der Waals surface area contributed by atoms with E-state index in [-0.39, 0.29) is 17.5 Å². The van der Waals surface area contributed by atoms with Crippen LogP contribution in [-0.2, 0) is 14.2 Å². The van der Waals surface area contributed by atoms with Crippen molar-refractivity contribution in [2.45, 2.75) is 48.6 Å². The Hall–Kier alpha value is -0.550. The van der Waals surface area contributed by atoms with Crippen molar-refractivity contribution < 1.29 is 14.2 Å². The van der Waals surface area contributed by atoms with E-state index in [1.807, 2.05) is 11.8 Å². The van der Waals surface area contributed by atoms with Gasteiger partial charge in [0.25, 0.3) is 0 Å². The van der Waals surface area contributed by atoms with Gasteiger partial charge in [0.05, 0.1) is 24.9 Å². The van der Waals surface area contributed by atoms with E-state index in [0.717, 1.165) is 38.2 Å². The third-order valence-corrected chi connectivity index (χ3v) is 6.17. The first-order valence-corrected chi connectivity index (χ1v) is 8.81. The van der Waals surface area contributed by atoms with Gasteiger partial charge in [-0.2, -0.15) is 0 Å². The van der Waals surface area contributed by atoms with Gasteiger partial charge < -0.3 is 14.2 Å². The molecular formula is C17H22O3S. The smallest absolute Gasteiger partial charge is 0.173 e. The highest BCUT2D eigenvalue weighted by Crippen LogP contribution is 2.52. The fraction of sp³-hybridized carbons (Fsp3) is 0.647. The van der Waals surface area contributed by atoms with Crippen LogP contribution in [0.5, 0.6) is 0 Å². The molecule has 0 saturated carbocycles. The van der Waals surface area contributed by atoms with Crippen LogP contribution in [0.3, 0.4) is 0 Å². The normalized spacial score (nSPS) is 37.2. The standard InChI is InChI=1S/C17H22O3S/c1-13-9-16(12-21-14-5-3-2-4-6-14)11-17(10-15(13)20-16)18-7-8-19-17/h2-6,13,15H,7-12H2,1H3/t13-,15+,16+/m1/s1. The van der Waals surface area contributed by atoms with Crippen molar-refractivity contribution in [2.75, 3.05) is 19.0 Å². The minimum Gasteiger partial charge on any atom is -0.370 e. The Labute approximate surface area is 130 Å². The molecular weight excluding hydrogens is 284 g/mol. The van der Waals surface area contributed by atoms with Crippen molar-refractivity contribution in [1.82, 2.24) is 0 Å². The van der Waals surface area contributed by atoms with Gasteiger partial charge in [-0.3, -0.25) is 0 Å². The van der Waals surface area contributed by atoms with Crippen molar-refractivity contribution in [3.8, 4) is 0 Å². The van der Waals surface area contributed by atoms with Crippen molar-refractivity contribution >= 4 is 11.8 Å². The van der Waals surface area contributed by atoms with Crippen LogP contribution in [0.2, 0.25) is 0 Å². The molecule has 4 rings (SSSR count). The predicted molar refractivity (Wildman–Crippen MR) is 82.4 cm³/mol. The summed E-state index contributed by atoms with van der Waals surface area (Å²) in [6.07, 6.45) is 3.17. The third-order valence-electron chi connectivity index (χ3n) is 4.89. The number of hydrogen-bond acceptors (Lipinski definition) is 4. The van der Waals surface area contributed by atoms with E-state index in [0.29, 0.717) is 5.92 Å². The Kier molecular flexibility index (Phi) is 3.53. The number of hydrogen-bond donors (Lipinski definition) is 0. The Morgan fingerprint density at radius 3 is 2.67 bits per heavy atom. The molecule has 0 amide bonds. The SMILES string of the molecule is C[C@@H]1C[C@@]2(CSc3ccccc3)CC3(C[C@@H]1O2)OCCO3. The average molecular weight is 306 g/mol. The van der Waals surface area contributed by atoms with Crippen molar-refractivity contribution in [1.29, 1.82) is 0 Å². The van der Waals surface area contributed by atoms with E-state index in [2.05, 4.69) is 37.3 Å². The van der Waals surface area contributed by atoms with Crippen LogP contribution in [0.1, 0.15) is 26.2 Å². The van der Waals surface area contributed by atoms with Crippen LogP contribution in [0.4, 0.5) is 0 Å². The van der Waals surface area contributed by atoms with E-state index in [1.165, 1.54) is 4.90 Å². The van der Waals surface area contributed by atoms with Gasteiger partial charge in [0.2, 0.25) is 0 Å². The van der Waals surface area contributed by atoms with Gasteiger partial charge in [-0.1, -0.05) is 25.1 Å². The highest BCUT2D eigenvalue weighted by atomic mass is 32.2. The van der Waals surface area contributed by atoms with Gasteiger partial charge in [0.1, 0.15) is 0 Å². The zero-order chi connectivity index (χ0) is 14.3. The molecule has 1 aromatic rings. The summed E-state index contributed by atoms with van der Waals surface area (Å²) in [4.78, 5) is 1.31. The molecule has 3 nitrogen and oxygen atoms in total. The lowest BCUT2D eigenvalue weighted by atomic mass is 9.92. The molecule has 3 aliphatic rings. The van der Waals surface area contributed by atoms with E-state index in [9.17, 15) is 0 Å². The first-order valence-electron chi connectivity index (χ1n) is 7.82. The molecule has 1 aromatic carbocycles. The van der Waals surface area contributed by atoms with Gasteiger partial charge in [0.15, 0.2) is 5.79 Å². The third kappa shape index (κ3) is 2.63. The molecule has 0 unspecified atom stereocenters. The Morgan fingerprint density at radius 2 is 1.90 bits per heavy atom. The second-order valence-corrected chi connectivity index (χ2v) is 7.66. The van der Waals surface area contributed by atoms with Crippen LogP contribution in [0.25, 0.3) is 0 Å². The molecule has 3 atom stereocenters. The topological polar surface area (TPSA) is 27.7 Å². The summed E-state index contributed by atoms with van der Waals surface area (Å²) in [6, 6.07) is 10.6. The maximum absolute atomic E-state index is 6.42. The predicted octanol–water partition coefficient (Wildman–Crippen LogP) is 3.48. The van der Waals surface area contributed by atoms with E-state index < -0.39 is 0 Å². The van der Waals surface area contributed by atoms with Gasteiger partial charge >= 0.3 is 0 Å². The average Bonchev–Trinajstić information content (AvgIpc) is 3.02. The molecule has 3 aliphatic heterocycles. The largest absolute Gasteiger partial charge is 0.370 e. The number of fused-ring (bicyclic) bond motifs is 2. The van der Waals surface area contributed by atoms with Crippen LogP contribution in [0.15, 0.2) is 35.2 Å². The van der Waals surface area contributed by atoms with Gasteiger partial charge in [-0.15, -0.1) is 11.8 Å². The lowest BCUT2D eigenvalue weighted by molar-refractivity contribution is -0.247. The van der Waals surface area contributed by atoms with Crippen molar-refractivity contribution in [3.63, 3.8) is 0 Å². The fourth-order valence-electron chi connectivity index (χ4n) is 4.02. The summed E-state index contributed by atoms with van der Waals surface area (Å²) in [5, 5.41) is 0. The molecule has 3 heterocycles. The Morgan fingerprint density at radius 1 is 1.14 bits per heavy atom. The molecule has 4 heteroatoms. The van der Waals surface area contributed by atoms with Crippen LogP contribution in [-0.4, -0.2) is 36.5 Å². The van der Waals surface area contributed by atoms with E-state index in [4.69, 9.17) is 14.2 Å². The summed E-state index contributed by atoms with van der Waals surface area (Å²) in [7, 11) is 0. The zero-order valence-electron chi connectivity index (χ0n) is 12.4. The Balaban J connectivity index is 1.51. The van der Waals surface area contributed by atoms with Gasteiger partial charge in [0, 0.05) is 23.5 Å². The zero-order valence-corrected chi connectivity index (χ0v) is 13.2. The second-order valence-electron chi connectivity index (χ2n) is 6.61. The lowest BCUT2D eigenvalue weighted by Crippen LogP contribution is -2.50. The summed E-state index contributed by atoms with van der Waals surface area (Å²) in [5.41, 5.74) is -0.0901. The highest BCUT2D eigenvalue weighted by molar-refractivity contribution is 7.99. The maximum Gasteiger partial charge on any atom is 0.173 e. The lowest BCUT2D eigenvalue weighted by Gasteiger charge is -2.42. The number of ether oxygens (including phenoxy) is 3. The van der Waals surface area contributed by atoms with Gasteiger partial charge in [-0.25, -0.2) is 0 Å². The fourth-order valence-corrected chi connectivity index (χ4v) is 5.09. The van der Waals surface area contributed by atoms with E-state index >= 15 is 0 Å². The molecule has 1 spiro atoms. The molecule has 21 heavy (non-hydrogen) atoms. The summed E-state index contributed by atoms with van der Waals surface area (Å²) >= 11 is 1.89. The summed E-state index contributed by atoms with van der Waals surface area (Å²) in [6.45, 7) is 3.75. The summed E-state index contributed by atoms with van der Waals surface area (Å²) < 4.78 is 18.4. The minimum atomic E-state index is -0.370. The number of benzene rings is 1. The number of rotatable bonds is 3. The summed E-state index contributed by atoms with van der Waals surface area (Å²) in [5.74, 6) is 1.20. The molecule has 2 bridgehead atoms. The molecule has 0 aliphatic carbocycles. The molecule has 114 valence electrons. The molecule has 0 aromatic heterocycles. The Bertz CT molecular complexity index is 496. The van der Waals surface area contributed by atoms with Crippen LogP contribution >= 0.6 is 11.8 Å². The molecule has 0 N–H and O–H groups in total. The minimum absolute atomic E-state index is 0.0901. The quantitative estimate of drug-likeness (QED) is 0.799. The first kappa shape index (κ1) is 14.1. The second kappa shape index (κ2) is 5.27. The maximum atomic E-state index is 6.42. The van der Waals surface area contributed by atoms with Crippen LogP contribution in [0, 0.1) is 5.92 Å². The van der Waals surface area contributed by atoms with E-state index in [1.54, 1.807) is 0 Å². The molecule has 0 radical (unpaired) electrons. The number of thioether (sulfide) groups is 1. The van der Waals surface area contributed by atoms with Crippen LogP contribution < -0.4 is 0 Å². The molecule has 3 fully saturated rings. The van der Waals surface area contributed by atoms with Crippen molar-refractivity contribution in [2.24, 2.45) is 5.92 Å². The van der Waals surface area contributed by atoms with Gasteiger partial charge in [-0.05, 0) is 24.5 Å². The molecule has 3 saturated heterocycles. The highest BCUT2D eigenvalue weighted by Gasteiger charge is 2.58.